The Labute approximate surface area is 115 Å². The maximum Gasteiger partial charge on any atom is 0.0935 e. The summed E-state index contributed by atoms with van der Waals surface area (Å²) >= 11 is 0. The van der Waals surface area contributed by atoms with Gasteiger partial charge in [-0.15, -0.1) is 0 Å². The number of pyridine rings is 1. The smallest absolute Gasteiger partial charge is 0.0935 e. The van der Waals surface area contributed by atoms with Gasteiger partial charge in [0.15, 0.2) is 0 Å². The summed E-state index contributed by atoms with van der Waals surface area (Å²) in [6, 6.07) is 4.50. The molecule has 102 valence electrons. The standard InChI is InChI=1S/C16H22N2O/c1-3-7-18-16(10-13-6-9-19-12-13)15-5-8-17-11-14(15)4-2/h5-6,8-9,11-12,16,18H,3-4,7,10H2,1-2H3. The second-order valence-electron chi connectivity index (χ2n) is 4.77. The second-order valence-corrected chi connectivity index (χ2v) is 4.77. The molecule has 0 aliphatic rings. The summed E-state index contributed by atoms with van der Waals surface area (Å²) in [7, 11) is 0. The highest BCUT2D eigenvalue weighted by atomic mass is 16.3. The first-order chi connectivity index (χ1) is 9.35. The van der Waals surface area contributed by atoms with Crippen LogP contribution in [-0.2, 0) is 12.8 Å². The van der Waals surface area contributed by atoms with Crippen LogP contribution >= 0.6 is 0 Å². The predicted molar refractivity (Wildman–Crippen MR) is 77.1 cm³/mol. The summed E-state index contributed by atoms with van der Waals surface area (Å²) in [4.78, 5) is 4.23. The van der Waals surface area contributed by atoms with E-state index in [1.165, 1.54) is 16.7 Å². The monoisotopic (exact) mass is 258 g/mol. The Hall–Kier alpha value is -1.61. The predicted octanol–water partition coefficient (Wildman–Crippen LogP) is 3.52. The Morgan fingerprint density at radius 2 is 2.21 bits per heavy atom. The molecule has 2 aromatic heterocycles. The minimum Gasteiger partial charge on any atom is -0.472 e. The summed E-state index contributed by atoms with van der Waals surface area (Å²) in [6.07, 6.45) is 10.5. The van der Waals surface area contributed by atoms with E-state index in [9.17, 15) is 0 Å². The zero-order chi connectivity index (χ0) is 13.5. The fourth-order valence-electron chi connectivity index (χ4n) is 2.33. The van der Waals surface area contributed by atoms with Gasteiger partial charge in [0.25, 0.3) is 0 Å². The van der Waals surface area contributed by atoms with Gasteiger partial charge in [-0.3, -0.25) is 4.98 Å². The van der Waals surface area contributed by atoms with E-state index in [0.717, 1.165) is 25.8 Å². The molecule has 0 aromatic carbocycles. The second kappa shape index (κ2) is 7.10. The van der Waals surface area contributed by atoms with Crippen molar-refractivity contribution in [1.82, 2.24) is 10.3 Å². The van der Waals surface area contributed by atoms with Crippen LogP contribution in [0.1, 0.15) is 43.0 Å². The largest absolute Gasteiger partial charge is 0.472 e. The topological polar surface area (TPSA) is 38.1 Å². The lowest BCUT2D eigenvalue weighted by Crippen LogP contribution is -2.25. The molecule has 0 radical (unpaired) electrons. The third kappa shape index (κ3) is 3.67. The van der Waals surface area contributed by atoms with Crippen molar-refractivity contribution in [3.63, 3.8) is 0 Å². The first kappa shape index (κ1) is 13.8. The summed E-state index contributed by atoms with van der Waals surface area (Å²) in [5.74, 6) is 0. The fourth-order valence-corrected chi connectivity index (χ4v) is 2.33. The van der Waals surface area contributed by atoms with E-state index < -0.39 is 0 Å². The minimum absolute atomic E-state index is 0.329. The molecule has 0 aliphatic carbocycles. The van der Waals surface area contributed by atoms with Crippen molar-refractivity contribution >= 4 is 0 Å². The average Bonchev–Trinajstić information content (AvgIpc) is 2.96. The molecule has 3 nitrogen and oxygen atoms in total. The molecular formula is C16H22N2O. The Balaban J connectivity index is 2.20. The Morgan fingerprint density at radius 1 is 1.32 bits per heavy atom. The van der Waals surface area contributed by atoms with Gasteiger partial charge in [-0.05, 0) is 54.6 Å². The molecule has 1 N–H and O–H groups in total. The summed E-state index contributed by atoms with van der Waals surface area (Å²) in [5, 5.41) is 3.63. The van der Waals surface area contributed by atoms with Crippen molar-refractivity contribution in [3.8, 4) is 0 Å². The molecule has 0 fully saturated rings. The van der Waals surface area contributed by atoms with Crippen molar-refractivity contribution in [2.45, 2.75) is 39.2 Å². The molecule has 0 saturated heterocycles. The molecule has 3 heteroatoms. The van der Waals surface area contributed by atoms with E-state index in [-0.39, 0.29) is 0 Å². The number of hydrogen-bond donors (Lipinski definition) is 1. The van der Waals surface area contributed by atoms with Crippen LogP contribution in [0.15, 0.2) is 41.5 Å². The lowest BCUT2D eigenvalue weighted by atomic mass is 9.96. The average molecular weight is 258 g/mol. The van der Waals surface area contributed by atoms with Crippen LogP contribution in [0, 0.1) is 0 Å². The number of hydrogen-bond acceptors (Lipinski definition) is 3. The van der Waals surface area contributed by atoms with Crippen molar-refractivity contribution in [3.05, 3.63) is 53.7 Å². The summed E-state index contributed by atoms with van der Waals surface area (Å²) < 4.78 is 5.17. The molecule has 1 unspecified atom stereocenters. The van der Waals surface area contributed by atoms with Crippen LogP contribution in [0.5, 0.6) is 0 Å². The van der Waals surface area contributed by atoms with Crippen molar-refractivity contribution < 1.29 is 4.42 Å². The van der Waals surface area contributed by atoms with Gasteiger partial charge >= 0.3 is 0 Å². The molecule has 1 atom stereocenters. The minimum atomic E-state index is 0.329. The van der Waals surface area contributed by atoms with E-state index in [1.54, 1.807) is 6.26 Å². The number of nitrogens with zero attached hydrogens (tertiary/aromatic N) is 1. The summed E-state index contributed by atoms with van der Waals surface area (Å²) in [5.41, 5.74) is 3.90. The third-order valence-corrected chi connectivity index (χ3v) is 3.36. The van der Waals surface area contributed by atoms with Gasteiger partial charge in [0, 0.05) is 18.4 Å². The highest BCUT2D eigenvalue weighted by Crippen LogP contribution is 2.22. The van der Waals surface area contributed by atoms with E-state index in [2.05, 4.69) is 30.2 Å². The van der Waals surface area contributed by atoms with Crippen LogP contribution in [0.2, 0.25) is 0 Å². The lowest BCUT2D eigenvalue weighted by Gasteiger charge is -2.20. The Kier molecular flexibility index (Phi) is 5.16. The molecular weight excluding hydrogens is 236 g/mol. The zero-order valence-electron chi connectivity index (χ0n) is 11.7. The van der Waals surface area contributed by atoms with Gasteiger partial charge in [-0.25, -0.2) is 0 Å². The lowest BCUT2D eigenvalue weighted by molar-refractivity contribution is 0.517. The van der Waals surface area contributed by atoms with Gasteiger partial charge in [-0.2, -0.15) is 0 Å². The fraction of sp³-hybridized carbons (Fsp3) is 0.438. The molecule has 2 rings (SSSR count). The van der Waals surface area contributed by atoms with Gasteiger partial charge in [-0.1, -0.05) is 13.8 Å². The van der Waals surface area contributed by atoms with E-state index >= 15 is 0 Å². The van der Waals surface area contributed by atoms with E-state index in [0.29, 0.717) is 6.04 Å². The van der Waals surface area contributed by atoms with E-state index in [1.807, 2.05) is 24.7 Å². The van der Waals surface area contributed by atoms with Crippen LogP contribution < -0.4 is 5.32 Å². The molecule has 0 amide bonds. The van der Waals surface area contributed by atoms with Crippen molar-refractivity contribution in [2.24, 2.45) is 0 Å². The normalized spacial score (nSPS) is 12.5. The molecule has 0 spiro atoms. The van der Waals surface area contributed by atoms with Crippen LogP contribution in [0.25, 0.3) is 0 Å². The highest BCUT2D eigenvalue weighted by Gasteiger charge is 2.15. The Morgan fingerprint density at radius 3 is 2.89 bits per heavy atom. The van der Waals surface area contributed by atoms with Gasteiger partial charge < -0.3 is 9.73 Å². The zero-order valence-corrected chi connectivity index (χ0v) is 11.7. The van der Waals surface area contributed by atoms with Crippen LogP contribution in [-0.4, -0.2) is 11.5 Å². The molecule has 0 bridgehead atoms. The number of aromatic nitrogens is 1. The third-order valence-electron chi connectivity index (χ3n) is 3.36. The first-order valence-corrected chi connectivity index (χ1v) is 7.02. The number of aryl methyl sites for hydroxylation is 1. The van der Waals surface area contributed by atoms with Gasteiger partial charge in [0.2, 0.25) is 0 Å². The highest BCUT2D eigenvalue weighted by molar-refractivity contribution is 5.28. The molecule has 2 aromatic rings. The number of furan rings is 1. The van der Waals surface area contributed by atoms with Crippen LogP contribution in [0.4, 0.5) is 0 Å². The van der Waals surface area contributed by atoms with Gasteiger partial charge in [0.1, 0.15) is 0 Å². The van der Waals surface area contributed by atoms with Crippen molar-refractivity contribution in [2.75, 3.05) is 6.54 Å². The van der Waals surface area contributed by atoms with Crippen LogP contribution in [0.3, 0.4) is 0 Å². The van der Waals surface area contributed by atoms with E-state index in [4.69, 9.17) is 4.42 Å². The Bertz CT molecular complexity index is 479. The molecule has 2 heterocycles. The van der Waals surface area contributed by atoms with Crippen molar-refractivity contribution in [1.29, 1.82) is 0 Å². The quantitative estimate of drug-likeness (QED) is 0.825. The summed E-state index contributed by atoms with van der Waals surface area (Å²) in [6.45, 7) is 5.39. The SMILES string of the molecule is CCCNC(Cc1ccoc1)c1ccncc1CC. The molecule has 0 saturated carbocycles. The molecule has 0 aliphatic heterocycles. The number of rotatable bonds is 7. The first-order valence-electron chi connectivity index (χ1n) is 7.02. The maximum absolute atomic E-state index is 5.17. The molecule has 19 heavy (non-hydrogen) atoms. The number of nitrogens with one attached hydrogen (secondary N) is 1. The van der Waals surface area contributed by atoms with Gasteiger partial charge in [0.05, 0.1) is 12.5 Å². The maximum atomic E-state index is 5.17.